The second-order valence-electron chi connectivity index (χ2n) is 6.14. The highest BCUT2D eigenvalue weighted by Gasteiger charge is 2.15. The first-order valence-electron chi connectivity index (χ1n) is 7.93. The number of nitrogens with one attached hydrogen (secondary N) is 1. The van der Waals surface area contributed by atoms with Crippen LogP contribution in [0.2, 0.25) is 0 Å². The highest BCUT2D eigenvalue weighted by Crippen LogP contribution is 2.26. The van der Waals surface area contributed by atoms with E-state index >= 15 is 0 Å². The molecule has 1 N–H and O–H groups in total. The van der Waals surface area contributed by atoms with E-state index in [1.165, 1.54) is 31.2 Å². The van der Waals surface area contributed by atoms with Crippen LogP contribution in [0.4, 0.5) is 0 Å². The highest BCUT2D eigenvalue weighted by molar-refractivity contribution is 7.09. The molecule has 2 atom stereocenters. The third-order valence-electron chi connectivity index (χ3n) is 4.45. The quantitative estimate of drug-likeness (QED) is 0.882. The van der Waals surface area contributed by atoms with Gasteiger partial charge in [0.25, 0.3) is 0 Å². The van der Waals surface area contributed by atoms with Gasteiger partial charge in [0.1, 0.15) is 0 Å². The SMILES string of the molecule is Cc1nc(C(C)NC(C)c2ccc3c(c2)CCCC3)cs1. The minimum atomic E-state index is 0.293. The number of fused-ring (bicyclic) bond motifs is 1. The van der Waals surface area contributed by atoms with Crippen molar-refractivity contribution < 1.29 is 0 Å². The molecule has 21 heavy (non-hydrogen) atoms. The van der Waals surface area contributed by atoms with E-state index in [0.717, 1.165) is 10.7 Å². The molecule has 2 nitrogen and oxygen atoms in total. The van der Waals surface area contributed by atoms with E-state index in [0.29, 0.717) is 12.1 Å². The molecule has 3 rings (SSSR count). The lowest BCUT2D eigenvalue weighted by Gasteiger charge is -2.22. The number of hydrogen-bond donors (Lipinski definition) is 1. The third kappa shape index (κ3) is 3.35. The molecule has 0 saturated heterocycles. The summed E-state index contributed by atoms with van der Waals surface area (Å²) in [6, 6.07) is 7.68. The predicted octanol–water partition coefficient (Wildman–Crippen LogP) is 4.74. The van der Waals surface area contributed by atoms with E-state index in [1.54, 1.807) is 22.5 Å². The molecule has 0 aliphatic heterocycles. The van der Waals surface area contributed by atoms with Gasteiger partial charge in [-0.3, -0.25) is 0 Å². The van der Waals surface area contributed by atoms with Crippen LogP contribution >= 0.6 is 11.3 Å². The fourth-order valence-corrected chi connectivity index (χ4v) is 3.86. The van der Waals surface area contributed by atoms with E-state index in [1.807, 2.05) is 0 Å². The van der Waals surface area contributed by atoms with Crippen molar-refractivity contribution in [2.24, 2.45) is 0 Å². The molecule has 3 heteroatoms. The number of nitrogens with zero attached hydrogens (tertiary/aromatic N) is 1. The van der Waals surface area contributed by atoms with Crippen molar-refractivity contribution in [3.63, 3.8) is 0 Å². The summed E-state index contributed by atoms with van der Waals surface area (Å²) in [5.41, 5.74) is 5.67. The summed E-state index contributed by atoms with van der Waals surface area (Å²) in [5, 5.41) is 6.97. The molecule has 0 radical (unpaired) electrons. The molecule has 1 aromatic carbocycles. The summed E-state index contributed by atoms with van der Waals surface area (Å²) in [5.74, 6) is 0. The van der Waals surface area contributed by atoms with Gasteiger partial charge in [0.05, 0.1) is 10.7 Å². The van der Waals surface area contributed by atoms with Crippen molar-refractivity contribution in [3.05, 3.63) is 51.0 Å². The van der Waals surface area contributed by atoms with E-state index < -0.39 is 0 Å². The zero-order chi connectivity index (χ0) is 14.8. The van der Waals surface area contributed by atoms with Gasteiger partial charge in [-0.15, -0.1) is 11.3 Å². The van der Waals surface area contributed by atoms with Gasteiger partial charge in [-0.25, -0.2) is 4.98 Å². The first-order chi connectivity index (χ1) is 10.1. The van der Waals surface area contributed by atoms with Crippen LogP contribution in [-0.2, 0) is 12.8 Å². The monoisotopic (exact) mass is 300 g/mol. The van der Waals surface area contributed by atoms with Crippen molar-refractivity contribution >= 4 is 11.3 Å². The van der Waals surface area contributed by atoms with Gasteiger partial charge in [0.2, 0.25) is 0 Å². The molecular weight excluding hydrogens is 276 g/mol. The van der Waals surface area contributed by atoms with Gasteiger partial charge < -0.3 is 5.32 Å². The van der Waals surface area contributed by atoms with Crippen molar-refractivity contribution in [3.8, 4) is 0 Å². The van der Waals surface area contributed by atoms with Gasteiger partial charge in [0, 0.05) is 17.5 Å². The highest BCUT2D eigenvalue weighted by atomic mass is 32.1. The van der Waals surface area contributed by atoms with Crippen molar-refractivity contribution in [1.82, 2.24) is 10.3 Å². The Hall–Kier alpha value is -1.19. The molecule has 2 unspecified atom stereocenters. The summed E-state index contributed by atoms with van der Waals surface area (Å²) in [7, 11) is 0. The Morgan fingerprint density at radius 1 is 1.10 bits per heavy atom. The average Bonchev–Trinajstić information content (AvgIpc) is 2.93. The molecule has 1 heterocycles. The van der Waals surface area contributed by atoms with E-state index in [-0.39, 0.29) is 0 Å². The second-order valence-corrected chi connectivity index (χ2v) is 7.20. The molecule has 1 aliphatic rings. The molecule has 0 spiro atoms. The smallest absolute Gasteiger partial charge is 0.0898 e. The van der Waals surface area contributed by atoms with Crippen LogP contribution in [0, 0.1) is 6.92 Å². The third-order valence-corrected chi connectivity index (χ3v) is 5.24. The molecule has 0 fully saturated rings. The minimum Gasteiger partial charge on any atom is -0.302 e. The Balaban J connectivity index is 1.71. The Morgan fingerprint density at radius 2 is 1.86 bits per heavy atom. The molecule has 0 bridgehead atoms. The number of rotatable bonds is 4. The maximum atomic E-state index is 4.58. The first kappa shape index (κ1) is 14.7. The summed E-state index contributed by atoms with van der Waals surface area (Å²) >= 11 is 1.72. The van der Waals surface area contributed by atoms with Crippen LogP contribution in [0.15, 0.2) is 23.6 Å². The Morgan fingerprint density at radius 3 is 2.57 bits per heavy atom. The summed E-state index contributed by atoms with van der Waals surface area (Å²) in [6.45, 7) is 6.51. The van der Waals surface area contributed by atoms with Crippen LogP contribution in [-0.4, -0.2) is 4.98 Å². The Labute approximate surface area is 131 Å². The summed E-state index contributed by atoms with van der Waals surface area (Å²) in [4.78, 5) is 4.58. The van der Waals surface area contributed by atoms with Gasteiger partial charge in [-0.05, 0) is 63.1 Å². The van der Waals surface area contributed by atoms with Crippen molar-refractivity contribution in [2.75, 3.05) is 0 Å². The lowest BCUT2D eigenvalue weighted by molar-refractivity contribution is 0.487. The molecule has 1 aliphatic carbocycles. The number of aryl methyl sites for hydroxylation is 3. The molecule has 0 saturated carbocycles. The number of hydrogen-bond acceptors (Lipinski definition) is 3. The maximum absolute atomic E-state index is 4.58. The predicted molar refractivity (Wildman–Crippen MR) is 89.9 cm³/mol. The zero-order valence-corrected chi connectivity index (χ0v) is 14.0. The lowest BCUT2D eigenvalue weighted by atomic mass is 9.89. The fourth-order valence-electron chi connectivity index (χ4n) is 3.16. The topological polar surface area (TPSA) is 24.9 Å². The number of thiazole rings is 1. The summed E-state index contributed by atoms with van der Waals surface area (Å²) in [6.07, 6.45) is 5.19. The minimum absolute atomic E-state index is 0.293. The van der Waals surface area contributed by atoms with Crippen LogP contribution in [0.3, 0.4) is 0 Å². The van der Waals surface area contributed by atoms with E-state index in [4.69, 9.17) is 0 Å². The lowest BCUT2D eigenvalue weighted by Crippen LogP contribution is -2.23. The van der Waals surface area contributed by atoms with Gasteiger partial charge >= 0.3 is 0 Å². The maximum Gasteiger partial charge on any atom is 0.0898 e. The van der Waals surface area contributed by atoms with Gasteiger partial charge in [0.15, 0.2) is 0 Å². The van der Waals surface area contributed by atoms with Crippen molar-refractivity contribution in [1.29, 1.82) is 0 Å². The van der Waals surface area contributed by atoms with Crippen LogP contribution in [0.1, 0.15) is 66.2 Å². The second kappa shape index (κ2) is 6.29. The standard InChI is InChI=1S/C18H24N2S/c1-12(19-13(2)18-11-21-14(3)20-18)16-9-8-15-6-4-5-7-17(15)10-16/h8-13,19H,4-7H2,1-3H3. The van der Waals surface area contributed by atoms with Crippen LogP contribution < -0.4 is 5.32 Å². The van der Waals surface area contributed by atoms with Gasteiger partial charge in [-0.2, -0.15) is 0 Å². The van der Waals surface area contributed by atoms with E-state index in [2.05, 4.69) is 54.7 Å². The molecule has 2 aromatic rings. The molecule has 112 valence electrons. The normalized spacial score (nSPS) is 17.3. The van der Waals surface area contributed by atoms with Gasteiger partial charge in [-0.1, -0.05) is 18.2 Å². The Bertz CT molecular complexity index is 617. The Kier molecular flexibility index (Phi) is 4.41. The zero-order valence-electron chi connectivity index (χ0n) is 13.1. The van der Waals surface area contributed by atoms with Crippen LogP contribution in [0.25, 0.3) is 0 Å². The number of benzene rings is 1. The molecular formula is C18H24N2S. The van der Waals surface area contributed by atoms with E-state index in [9.17, 15) is 0 Å². The fraction of sp³-hybridized carbons (Fsp3) is 0.500. The average molecular weight is 300 g/mol. The molecule has 0 amide bonds. The van der Waals surface area contributed by atoms with Crippen LogP contribution in [0.5, 0.6) is 0 Å². The number of aromatic nitrogens is 1. The summed E-state index contributed by atoms with van der Waals surface area (Å²) < 4.78 is 0. The molecule has 1 aromatic heterocycles. The largest absolute Gasteiger partial charge is 0.302 e. The van der Waals surface area contributed by atoms with Crippen molar-refractivity contribution in [2.45, 2.75) is 58.5 Å². The first-order valence-corrected chi connectivity index (χ1v) is 8.81.